The number of imidazole rings is 1. The van der Waals surface area contributed by atoms with Crippen LogP contribution in [0.3, 0.4) is 0 Å². The van der Waals surface area contributed by atoms with Crippen molar-refractivity contribution in [3.8, 4) is 11.3 Å². The number of likely N-dealkylation sites (tertiary alicyclic amines) is 1. The number of H-pyrrole nitrogens is 1. The van der Waals surface area contributed by atoms with Crippen molar-refractivity contribution in [2.24, 2.45) is 11.3 Å². The lowest BCUT2D eigenvalue weighted by molar-refractivity contribution is 0.152. The van der Waals surface area contributed by atoms with E-state index >= 15 is 0 Å². The summed E-state index contributed by atoms with van der Waals surface area (Å²) < 4.78 is 41.9. The van der Waals surface area contributed by atoms with Gasteiger partial charge < -0.3 is 20.3 Å². The molecule has 0 bridgehead atoms. The van der Waals surface area contributed by atoms with Crippen LogP contribution in [-0.4, -0.2) is 51.9 Å². The van der Waals surface area contributed by atoms with Crippen LogP contribution >= 0.6 is 0 Å². The van der Waals surface area contributed by atoms with Gasteiger partial charge in [0.25, 0.3) is 0 Å². The van der Waals surface area contributed by atoms with Gasteiger partial charge in [-0.25, -0.2) is 22.9 Å². The van der Waals surface area contributed by atoms with Gasteiger partial charge in [0, 0.05) is 30.0 Å². The third kappa shape index (κ3) is 4.51. The molecular formula is C21H25F3N4O2. The van der Waals surface area contributed by atoms with Crippen molar-refractivity contribution in [3.05, 3.63) is 54.5 Å². The minimum atomic E-state index is -1.27. The third-order valence-electron chi connectivity index (χ3n) is 5.57. The van der Waals surface area contributed by atoms with Gasteiger partial charge >= 0.3 is 6.09 Å². The number of carbonyl (C=O) groups is 1. The molecule has 2 unspecified atom stereocenters. The van der Waals surface area contributed by atoms with Gasteiger partial charge in [0.15, 0.2) is 0 Å². The molecule has 0 saturated carbocycles. The smallest absolute Gasteiger partial charge is 0.407 e. The van der Waals surface area contributed by atoms with Crippen molar-refractivity contribution in [1.82, 2.24) is 20.2 Å². The van der Waals surface area contributed by atoms with Crippen LogP contribution in [0.5, 0.6) is 0 Å². The SMILES string of the molecule is C=CC(C)(C)[C@@H](NCC1CN(C(=O)O)CC1F)c1ncc(-c2cc(F)ccc2F)[nH]1. The fourth-order valence-corrected chi connectivity index (χ4v) is 3.60. The van der Waals surface area contributed by atoms with Crippen molar-refractivity contribution in [2.45, 2.75) is 26.1 Å². The standard InChI is InChI=1S/C21H25F3N4O2/c1-4-21(2,3)18(25-8-12-10-28(20(29)30)11-16(12)24)19-26-9-17(27-19)14-7-13(22)5-6-15(14)23/h4-7,9,12,16,18,25H,1,8,10-11H2,2-3H3,(H,26,27)(H,29,30)/t12?,16?,18-/m0/s1. The second-order valence-corrected chi connectivity index (χ2v) is 8.14. The van der Waals surface area contributed by atoms with Gasteiger partial charge in [-0.15, -0.1) is 6.58 Å². The molecule has 1 saturated heterocycles. The maximum absolute atomic E-state index is 14.3. The van der Waals surface area contributed by atoms with Crippen molar-refractivity contribution >= 4 is 6.09 Å². The minimum absolute atomic E-state index is 0.0561. The van der Waals surface area contributed by atoms with Crippen molar-refractivity contribution in [1.29, 1.82) is 0 Å². The number of rotatable bonds is 7. The van der Waals surface area contributed by atoms with Gasteiger partial charge in [0.2, 0.25) is 0 Å². The molecule has 1 aromatic heterocycles. The Bertz CT molecular complexity index is 931. The van der Waals surface area contributed by atoms with Gasteiger partial charge in [-0.2, -0.15) is 0 Å². The summed E-state index contributed by atoms with van der Waals surface area (Å²) in [5.74, 6) is -1.19. The Balaban J connectivity index is 1.82. The number of aromatic amines is 1. The van der Waals surface area contributed by atoms with E-state index in [1.54, 1.807) is 6.08 Å². The second-order valence-electron chi connectivity index (χ2n) is 8.14. The molecule has 3 atom stereocenters. The number of alkyl halides is 1. The Labute approximate surface area is 172 Å². The van der Waals surface area contributed by atoms with Crippen LogP contribution in [-0.2, 0) is 0 Å². The van der Waals surface area contributed by atoms with Crippen LogP contribution in [0, 0.1) is 23.0 Å². The Morgan fingerprint density at radius 3 is 2.83 bits per heavy atom. The van der Waals surface area contributed by atoms with Crippen LogP contribution in [0.4, 0.5) is 18.0 Å². The van der Waals surface area contributed by atoms with E-state index in [1.807, 2.05) is 13.8 Å². The molecule has 9 heteroatoms. The fraction of sp³-hybridized carbons (Fsp3) is 0.429. The normalized spacial score (nSPS) is 20.4. The van der Waals surface area contributed by atoms with E-state index in [2.05, 4.69) is 21.9 Å². The Morgan fingerprint density at radius 2 is 2.20 bits per heavy atom. The summed E-state index contributed by atoms with van der Waals surface area (Å²) in [6.45, 7) is 7.84. The molecule has 2 heterocycles. The molecule has 0 radical (unpaired) electrons. The highest BCUT2D eigenvalue weighted by Gasteiger charge is 2.37. The lowest BCUT2D eigenvalue weighted by Crippen LogP contribution is -2.38. The van der Waals surface area contributed by atoms with Crippen LogP contribution in [0.2, 0.25) is 0 Å². The number of carboxylic acid groups (broad SMARTS) is 1. The zero-order chi connectivity index (χ0) is 22.1. The molecule has 1 amide bonds. The third-order valence-corrected chi connectivity index (χ3v) is 5.57. The number of nitrogens with zero attached hydrogens (tertiary/aromatic N) is 2. The zero-order valence-corrected chi connectivity index (χ0v) is 16.8. The van der Waals surface area contributed by atoms with Crippen LogP contribution in [0.1, 0.15) is 25.7 Å². The predicted octanol–water partition coefficient (Wildman–Crippen LogP) is 4.15. The first-order valence-electron chi connectivity index (χ1n) is 9.61. The lowest BCUT2D eigenvalue weighted by Gasteiger charge is -2.32. The number of amides is 1. The summed E-state index contributed by atoms with van der Waals surface area (Å²) in [6, 6.07) is 2.73. The van der Waals surface area contributed by atoms with Crippen molar-refractivity contribution in [3.63, 3.8) is 0 Å². The average Bonchev–Trinajstić information content (AvgIpc) is 3.31. The largest absolute Gasteiger partial charge is 0.465 e. The summed E-state index contributed by atoms with van der Waals surface area (Å²) in [7, 11) is 0. The molecule has 6 nitrogen and oxygen atoms in total. The molecule has 0 aliphatic carbocycles. The summed E-state index contributed by atoms with van der Waals surface area (Å²) >= 11 is 0. The molecule has 30 heavy (non-hydrogen) atoms. The predicted molar refractivity (Wildman–Crippen MR) is 107 cm³/mol. The maximum atomic E-state index is 14.3. The van der Waals surface area contributed by atoms with Crippen molar-refractivity contribution in [2.75, 3.05) is 19.6 Å². The highest BCUT2D eigenvalue weighted by molar-refractivity contribution is 5.65. The molecule has 1 aliphatic rings. The minimum Gasteiger partial charge on any atom is -0.465 e. The van der Waals surface area contributed by atoms with E-state index in [9.17, 15) is 18.0 Å². The molecular weight excluding hydrogens is 397 g/mol. The number of hydrogen-bond donors (Lipinski definition) is 3. The van der Waals surface area contributed by atoms with E-state index in [4.69, 9.17) is 5.11 Å². The molecule has 162 valence electrons. The van der Waals surface area contributed by atoms with Gasteiger partial charge in [0.1, 0.15) is 23.6 Å². The lowest BCUT2D eigenvalue weighted by atomic mass is 9.83. The Morgan fingerprint density at radius 1 is 1.47 bits per heavy atom. The monoisotopic (exact) mass is 422 g/mol. The van der Waals surface area contributed by atoms with E-state index in [0.29, 0.717) is 11.5 Å². The van der Waals surface area contributed by atoms with Crippen LogP contribution in [0.25, 0.3) is 11.3 Å². The molecule has 1 fully saturated rings. The van der Waals surface area contributed by atoms with Gasteiger partial charge in [-0.1, -0.05) is 19.9 Å². The first-order chi connectivity index (χ1) is 14.1. The number of aromatic nitrogens is 2. The first-order valence-corrected chi connectivity index (χ1v) is 9.61. The van der Waals surface area contributed by atoms with E-state index in [0.717, 1.165) is 23.1 Å². The van der Waals surface area contributed by atoms with Gasteiger partial charge in [-0.05, 0) is 18.2 Å². The van der Waals surface area contributed by atoms with Gasteiger partial charge in [0.05, 0.1) is 24.5 Å². The second kappa shape index (κ2) is 8.51. The maximum Gasteiger partial charge on any atom is 0.407 e. The summed E-state index contributed by atoms with van der Waals surface area (Å²) in [5.41, 5.74) is -0.150. The molecule has 1 aromatic carbocycles. The first kappa shape index (κ1) is 21.9. The fourth-order valence-electron chi connectivity index (χ4n) is 3.60. The van der Waals surface area contributed by atoms with Crippen LogP contribution in [0.15, 0.2) is 37.1 Å². The number of benzene rings is 1. The van der Waals surface area contributed by atoms with E-state index in [1.165, 1.54) is 6.20 Å². The van der Waals surface area contributed by atoms with Gasteiger partial charge in [-0.3, -0.25) is 0 Å². The summed E-state index contributed by atoms with van der Waals surface area (Å²) in [6.07, 6.45) is 0.729. The highest BCUT2D eigenvalue weighted by Crippen LogP contribution is 2.35. The zero-order valence-electron chi connectivity index (χ0n) is 16.8. The molecule has 3 N–H and O–H groups in total. The number of hydrogen-bond acceptors (Lipinski definition) is 3. The Kier molecular flexibility index (Phi) is 6.21. The highest BCUT2D eigenvalue weighted by atomic mass is 19.1. The average molecular weight is 422 g/mol. The number of halogens is 3. The number of nitrogens with one attached hydrogen (secondary N) is 2. The summed E-state index contributed by atoms with van der Waals surface area (Å²) in [4.78, 5) is 19.5. The van der Waals surface area contributed by atoms with E-state index in [-0.39, 0.29) is 25.2 Å². The quantitative estimate of drug-likeness (QED) is 0.586. The van der Waals surface area contributed by atoms with E-state index < -0.39 is 41.3 Å². The molecule has 2 aromatic rings. The van der Waals surface area contributed by atoms with Crippen molar-refractivity contribution < 1.29 is 23.1 Å². The molecule has 1 aliphatic heterocycles. The topological polar surface area (TPSA) is 81.2 Å². The Hall–Kier alpha value is -2.81. The molecule has 3 rings (SSSR count). The van der Waals surface area contributed by atoms with Crippen LogP contribution < -0.4 is 5.32 Å². The molecule has 0 spiro atoms. The summed E-state index contributed by atoms with van der Waals surface area (Å²) in [5, 5.41) is 12.3.